The van der Waals surface area contributed by atoms with Gasteiger partial charge in [-0.25, -0.2) is 4.68 Å². The Morgan fingerprint density at radius 1 is 1.56 bits per heavy atom. The van der Waals surface area contributed by atoms with Crippen LogP contribution in [0.3, 0.4) is 0 Å². The normalized spacial score (nSPS) is 27.8. The Kier molecular flexibility index (Phi) is 5.53. The van der Waals surface area contributed by atoms with Crippen LogP contribution >= 0.6 is 0 Å². The van der Waals surface area contributed by atoms with E-state index in [1.165, 1.54) is 0 Å². The first kappa shape index (κ1) is 19.4. The van der Waals surface area contributed by atoms with Crippen molar-refractivity contribution in [1.29, 1.82) is 5.41 Å². The van der Waals surface area contributed by atoms with E-state index in [-0.39, 0.29) is 23.8 Å². The smallest absolute Gasteiger partial charge is 0.306 e. The fraction of sp³-hybridized carbons (Fsp3) is 0.684. The summed E-state index contributed by atoms with van der Waals surface area (Å²) in [6, 6.07) is 0.406. The molecule has 0 aromatic carbocycles. The molecule has 3 N–H and O–H groups in total. The number of aliphatic carboxylic acids is 1. The fourth-order valence-electron chi connectivity index (χ4n) is 4.01. The molecule has 27 heavy (non-hydrogen) atoms. The molecule has 0 amide bonds. The number of fused-ring (bicyclic) bond motifs is 1. The fourth-order valence-corrected chi connectivity index (χ4v) is 4.01. The number of aromatic nitrogens is 2. The second-order valence-corrected chi connectivity index (χ2v) is 8.05. The Bertz CT molecular complexity index is 741. The summed E-state index contributed by atoms with van der Waals surface area (Å²) in [6.45, 7) is 6.19. The summed E-state index contributed by atoms with van der Waals surface area (Å²) in [5, 5.41) is 32.1. The van der Waals surface area contributed by atoms with Gasteiger partial charge in [-0.2, -0.15) is 10.2 Å². The molecular formula is C19H30N6O2. The van der Waals surface area contributed by atoms with Gasteiger partial charge in [0.05, 0.1) is 12.1 Å². The van der Waals surface area contributed by atoms with E-state index in [1.54, 1.807) is 10.9 Å². The van der Waals surface area contributed by atoms with Gasteiger partial charge in [-0.05, 0) is 39.0 Å². The van der Waals surface area contributed by atoms with Crippen LogP contribution in [0.1, 0.15) is 45.6 Å². The van der Waals surface area contributed by atoms with Crippen molar-refractivity contribution in [3.63, 3.8) is 0 Å². The van der Waals surface area contributed by atoms with Crippen LogP contribution in [0.4, 0.5) is 5.82 Å². The van der Waals surface area contributed by atoms with Gasteiger partial charge < -0.3 is 10.4 Å². The molecule has 3 rings (SSSR count). The van der Waals surface area contributed by atoms with Gasteiger partial charge in [-0.1, -0.05) is 6.92 Å². The maximum atomic E-state index is 11.3. The second-order valence-electron chi connectivity index (χ2n) is 8.05. The van der Waals surface area contributed by atoms with Gasteiger partial charge in [0.25, 0.3) is 0 Å². The van der Waals surface area contributed by atoms with Gasteiger partial charge in [-0.15, -0.1) is 0 Å². The zero-order valence-corrected chi connectivity index (χ0v) is 16.5. The quantitative estimate of drug-likeness (QED) is 0.524. The summed E-state index contributed by atoms with van der Waals surface area (Å²) in [5.41, 5.74) is 1.00. The van der Waals surface area contributed by atoms with Gasteiger partial charge in [0, 0.05) is 43.2 Å². The number of hydrogen-bond acceptors (Lipinski definition) is 6. The molecule has 148 valence electrons. The lowest BCUT2D eigenvalue weighted by atomic mass is 9.85. The average molecular weight is 374 g/mol. The number of carbonyl (C=O) groups is 1. The highest BCUT2D eigenvalue weighted by Crippen LogP contribution is 2.39. The maximum absolute atomic E-state index is 11.3. The van der Waals surface area contributed by atoms with Gasteiger partial charge in [0.2, 0.25) is 0 Å². The standard InChI is InChI=1S/C19H30N6O2/c1-11(2)24(4)21-8-7-15-10-22-25-17(20)12(3)16(23-18(15)25)13-5-6-14(9-13)19(26)27/h8,10-14,16,20,23H,5-7,9H2,1-4H3,(H,26,27). The molecule has 0 spiro atoms. The van der Waals surface area contributed by atoms with Crippen molar-refractivity contribution < 1.29 is 9.90 Å². The Morgan fingerprint density at radius 3 is 2.93 bits per heavy atom. The van der Waals surface area contributed by atoms with E-state index < -0.39 is 5.97 Å². The van der Waals surface area contributed by atoms with Crippen molar-refractivity contribution >= 4 is 23.8 Å². The lowest BCUT2D eigenvalue weighted by Crippen LogP contribution is -2.45. The van der Waals surface area contributed by atoms with Crippen LogP contribution in [0.25, 0.3) is 0 Å². The molecular weight excluding hydrogens is 344 g/mol. The summed E-state index contributed by atoms with van der Waals surface area (Å²) in [6.07, 6.45) is 6.58. The van der Waals surface area contributed by atoms with Crippen molar-refractivity contribution in [1.82, 2.24) is 14.8 Å². The van der Waals surface area contributed by atoms with Crippen LogP contribution in [0, 0.1) is 23.2 Å². The molecule has 1 saturated carbocycles. The molecule has 1 aromatic heterocycles. The van der Waals surface area contributed by atoms with Crippen molar-refractivity contribution in [2.75, 3.05) is 12.4 Å². The van der Waals surface area contributed by atoms with Crippen LogP contribution in [0.2, 0.25) is 0 Å². The highest BCUT2D eigenvalue weighted by atomic mass is 16.4. The number of nitrogens with zero attached hydrogens (tertiary/aromatic N) is 4. The van der Waals surface area contributed by atoms with Gasteiger partial charge >= 0.3 is 5.97 Å². The Hall–Kier alpha value is -2.38. The zero-order valence-electron chi connectivity index (χ0n) is 16.5. The molecule has 1 aliphatic heterocycles. The number of carboxylic acids is 1. The van der Waals surface area contributed by atoms with E-state index in [0.717, 1.165) is 24.2 Å². The van der Waals surface area contributed by atoms with Crippen molar-refractivity contribution in [3.05, 3.63) is 11.8 Å². The third-order valence-electron chi connectivity index (χ3n) is 6.00. The minimum Gasteiger partial charge on any atom is -0.481 e. The maximum Gasteiger partial charge on any atom is 0.306 e. The van der Waals surface area contributed by atoms with Gasteiger partial charge in [-0.3, -0.25) is 15.2 Å². The third kappa shape index (κ3) is 3.84. The van der Waals surface area contributed by atoms with E-state index >= 15 is 0 Å². The number of carboxylic acid groups (broad SMARTS) is 1. The number of anilines is 1. The SMILES string of the molecule is CC1C(=N)n2ncc(CC=NN(C)C(C)C)c2NC1C1CCC(C(=O)O)C1. The third-order valence-corrected chi connectivity index (χ3v) is 6.00. The van der Waals surface area contributed by atoms with E-state index in [1.807, 2.05) is 25.2 Å². The largest absolute Gasteiger partial charge is 0.481 e. The van der Waals surface area contributed by atoms with E-state index in [2.05, 4.69) is 29.4 Å². The van der Waals surface area contributed by atoms with Crippen LogP contribution in [-0.4, -0.2) is 57.0 Å². The Labute approximate surface area is 160 Å². The molecule has 1 aromatic rings. The molecule has 1 fully saturated rings. The molecule has 8 nitrogen and oxygen atoms in total. The molecule has 2 heterocycles. The molecule has 4 unspecified atom stereocenters. The predicted molar refractivity (Wildman–Crippen MR) is 105 cm³/mol. The Morgan fingerprint density at radius 2 is 2.30 bits per heavy atom. The first-order valence-corrected chi connectivity index (χ1v) is 9.69. The van der Waals surface area contributed by atoms with Crippen LogP contribution in [0.15, 0.2) is 11.3 Å². The number of hydrazone groups is 1. The molecule has 0 radical (unpaired) electrons. The summed E-state index contributed by atoms with van der Waals surface area (Å²) >= 11 is 0. The first-order valence-electron chi connectivity index (χ1n) is 9.69. The number of nitrogens with one attached hydrogen (secondary N) is 2. The zero-order chi connectivity index (χ0) is 19.7. The number of hydrogen-bond donors (Lipinski definition) is 3. The van der Waals surface area contributed by atoms with Crippen molar-refractivity contribution in [3.8, 4) is 0 Å². The van der Waals surface area contributed by atoms with Gasteiger partial charge in [0.15, 0.2) is 0 Å². The molecule has 2 aliphatic rings. The summed E-state index contributed by atoms with van der Waals surface area (Å²) in [5.74, 6) is 0.605. The van der Waals surface area contributed by atoms with Crippen molar-refractivity contribution in [2.45, 2.75) is 58.5 Å². The van der Waals surface area contributed by atoms with E-state index in [0.29, 0.717) is 24.7 Å². The molecule has 0 saturated heterocycles. The molecule has 4 atom stereocenters. The molecule has 1 aliphatic carbocycles. The minimum atomic E-state index is -0.702. The van der Waals surface area contributed by atoms with Crippen LogP contribution in [0.5, 0.6) is 0 Å². The molecule has 0 bridgehead atoms. The predicted octanol–water partition coefficient (Wildman–Crippen LogP) is 2.51. The monoisotopic (exact) mass is 374 g/mol. The average Bonchev–Trinajstić information content (AvgIpc) is 3.25. The van der Waals surface area contributed by atoms with Crippen molar-refractivity contribution in [2.24, 2.45) is 22.9 Å². The first-order chi connectivity index (χ1) is 12.8. The lowest BCUT2D eigenvalue weighted by Gasteiger charge is -2.36. The summed E-state index contributed by atoms with van der Waals surface area (Å²) < 4.78 is 1.67. The Balaban J connectivity index is 1.75. The van der Waals surface area contributed by atoms with E-state index in [4.69, 9.17) is 5.41 Å². The highest BCUT2D eigenvalue weighted by molar-refractivity contribution is 5.89. The lowest BCUT2D eigenvalue weighted by molar-refractivity contribution is -0.141. The van der Waals surface area contributed by atoms with Crippen LogP contribution in [-0.2, 0) is 11.2 Å². The number of rotatable bonds is 6. The summed E-state index contributed by atoms with van der Waals surface area (Å²) in [7, 11) is 1.94. The summed E-state index contributed by atoms with van der Waals surface area (Å²) in [4.78, 5) is 11.3. The van der Waals surface area contributed by atoms with E-state index in [9.17, 15) is 9.90 Å². The topological polar surface area (TPSA) is 107 Å². The minimum absolute atomic E-state index is 0.0106. The van der Waals surface area contributed by atoms with Crippen LogP contribution < -0.4 is 5.32 Å². The second kappa shape index (κ2) is 7.70. The van der Waals surface area contributed by atoms with Gasteiger partial charge in [0.1, 0.15) is 11.7 Å². The molecule has 8 heteroatoms. The highest BCUT2D eigenvalue weighted by Gasteiger charge is 2.41.